The van der Waals surface area contributed by atoms with E-state index < -0.39 is 0 Å². The first-order chi connectivity index (χ1) is 10.7. The van der Waals surface area contributed by atoms with Gasteiger partial charge in [-0.25, -0.2) is 4.79 Å². The van der Waals surface area contributed by atoms with E-state index in [-0.39, 0.29) is 6.03 Å². The molecule has 0 aliphatic rings. The van der Waals surface area contributed by atoms with Gasteiger partial charge in [-0.3, -0.25) is 0 Å². The zero-order chi connectivity index (χ0) is 15.8. The fraction of sp³-hybridized carbons (Fsp3) is 0.235. The minimum absolute atomic E-state index is 0.225. The van der Waals surface area contributed by atoms with Crippen molar-refractivity contribution in [1.29, 1.82) is 0 Å². The fourth-order valence-corrected chi connectivity index (χ4v) is 2.30. The first kappa shape index (κ1) is 16.5. The van der Waals surface area contributed by atoms with Crippen LogP contribution in [0.5, 0.6) is 0 Å². The van der Waals surface area contributed by atoms with Crippen molar-refractivity contribution in [2.45, 2.75) is 20.1 Å². The highest BCUT2D eigenvalue weighted by Crippen LogP contribution is 2.15. The van der Waals surface area contributed by atoms with E-state index in [1.54, 1.807) is 0 Å². The maximum atomic E-state index is 11.8. The molecule has 0 unspecified atom stereocenters. The van der Waals surface area contributed by atoms with Crippen molar-refractivity contribution in [2.24, 2.45) is 0 Å². The number of amides is 2. The number of anilines is 1. The molecule has 22 heavy (non-hydrogen) atoms. The van der Waals surface area contributed by atoms with Crippen molar-refractivity contribution in [3.63, 3.8) is 0 Å². The summed E-state index contributed by atoms with van der Waals surface area (Å²) in [5.74, 6) is 0. The van der Waals surface area contributed by atoms with E-state index in [0.717, 1.165) is 21.3 Å². The minimum atomic E-state index is -0.225. The number of halogens is 1. The second kappa shape index (κ2) is 8.56. The molecular weight excluding hydrogens is 344 g/mol. The highest BCUT2D eigenvalue weighted by Gasteiger charge is 2.02. The molecule has 116 valence electrons. The van der Waals surface area contributed by atoms with Gasteiger partial charge in [0.05, 0.1) is 6.61 Å². The van der Waals surface area contributed by atoms with Crippen LogP contribution in [0.4, 0.5) is 10.5 Å². The van der Waals surface area contributed by atoms with E-state index in [2.05, 4.69) is 26.6 Å². The summed E-state index contributed by atoms with van der Waals surface area (Å²) in [6.45, 7) is 3.78. The molecule has 4 nitrogen and oxygen atoms in total. The van der Waals surface area contributed by atoms with Gasteiger partial charge in [0.15, 0.2) is 0 Å². The first-order valence-corrected chi connectivity index (χ1v) is 7.92. The van der Waals surface area contributed by atoms with E-state index in [0.29, 0.717) is 19.8 Å². The zero-order valence-corrected chi connectivity index (χ0v) is 14.0. The van der Waals surface area contributed by atoms with E-state index >= 15 is 0 Å². The zero-order valence-electron chi connectivity index (χ0n) is 12.4. The lowest BCUT2D eigenvalue weighted by Crippen LogP contribution is -2.28. The van der Waals surface area contributed by atoms with Crippen LogP contribution < -0.4 is 10.6 Å². The van der Waals surface area contributed by atoms with Crippen molar-refractivity contribution in [2.75, 3.05) is 11.9 Å². The quantitative estimate of drug-likeness (QED) is 0.804. The summed E-state index contributed by atoms with van der Waals surface area (Å²) in [5, 5.41) is 5.63. The van der Waals surface area contributed by atoms with Gasteiger partial charge in [0, 0.05) is 23.3 Å². The topological polar surface area (TPSA) is 50.4 Å². The van der Waals surface area contributed by atoms with Crippen molar-refractivity contribution in [1.82, 2.24) is 5.32 Å². The van der Waals surface area contributed by atoms with E-state index in [1.807, 2.05) is 55.5 Å². The van der Waals surface area contributed by atoms with Crippen LogP contribution in [0.2, 0.25) is 0 Å². The molecule has 0 radical (unpaired) electrons. The lowest BCUT2D eigenvalue weighted by Gasteiger charge is -2.09. The van der Waals surface area contributed by atoms with Gasteiger partial charge in [-0.2, -0.15) is 0 Å². The summed E-state index contributed by atoms with van der Waals surface area (Å²) in [6.07, 6.45) is 0. The SMILES string of the molecule is CCOCc1ccc(CNC(=O)Nc2cccc(Br)c2)cc1. The molecule has 0 aliphatic heterocycles. The van der Waals surface area contributed by atoms with Crippen LogP contribution in [0.15, 0.2) is 53.0 Å². The van der Waals surface area contributed by atoms with Crippen LogP contribution in [-0.2, 0) is 17.9 Å². The summed E-state index contributed by atoms with van der Waals surface area (Å²) < 4.78 is 6.28. The summed E-state index contributed by atoms with van der Waals surface area (Å²) >= 11 is 3.37. The van der Waals surface area contributed by atoms with Crippen molar-refractivity contribution >= 4 is 27.6 Å². The third-order valence-electron chi connectivity index (χ3n) is 3.03. The number of urea groups is 1. The highest BCUT2D eigenvalue weighted by molar-refractivity contribution is 9.10. The predicted octanol–water partition coefficient (Wildman–Crippen LogP) is 4.31. The molecule has 0 heterocycles. The molecule has 0 fully saturated rings. The highest BCUT2D eigenvalue weighted by atomic mass is 79.9. The van der Waals surface area contributed by atoms with Gasteiger partial charge in [0.1, 0.15) is 0 Å². The average molecular weight is 363 g/mol. The largest absolute Gasteiger partial charge is 0.377 e. The lowest BCUT2D eigenvalue weighted by atomic mass is 10.1. The Hall–Kier alpha value is -1.85. The molecule has 2 N–H and O–H groups in total. The number of carbonyl (C=O) groups is 1. The van der Waals surface area contributed by atoms with Crippen LogP contribution in [0.1, 0.15) is 18.1 Å². The number of hydrogen-bond acceptors (Lipinski definition) is 2. The Morgan fingerprint density at radius 1 is 1.14 bits per heavy atom. The van der Waals surface area contributed by atoms with Gasteiger partial charge >= 0.3 is 6.03 Å². The average Bonchev–Trinajstić information content (AvgIpc) is 2.52. The third kappa shape index (κ3) is 5.50. The Balaban J connectivity index is 1.80. The summed E-state index contributed by atoms with van der Waals surface area (Å²) in [4.78, 5) is 11.8. The third-order valence-corrected chi connectivity index (χ3v) is 3.52. The number of hydrogen-bond donors (Lipinski definition) is 2. The molecule has 0 spiro atoms. The Morgan fingerprint density at radius 2 is 1.86 bits per heavy atom. The smallest absolute Gasteiger partial charge is 0.319 e. The molecule has 0 saturated heterocycles. The molecule has 0 aromatic heterocycles. The fourth-order valence-electron chi connectivity index (χ4n) is 1.90. The Bertz CT molecular complexity index is 614. The summed E-state index contributed by atoms with van der Waals surface area (Å²) in [5.41, 5.74) is 2.92. The lowest BCUT2D eigenvalue weighted by molar-refractivity contribution is 0.134. The molecule has 2 rings (SSSR count). The van der Waals surface area contributed by atoms with Gasteiger partial charge in [0.2, 0.25) is 0 Å². The van der Waals surface area contributed by atoms with Gasteiger partial charge in [-0.1, -0.05) is 46.3 Å². The van der Waals surface area contributed by atoms with Crippen molar-refractivity contribution < 1.29 is 9.53 Å². The predicted molar refractivity (Wildman–Crippen MR) is 91.8 cm³/mol. The maximum Gasteiger partial charge on any atom is 0.319 e. The molecule has 0 saturated carbocycles. The van der Waals surface area contributed by atoms with Crippen LogP contribution >= 0.6 is 15.9 Å². The minimum Gasteiger partial charge on any atom is -0.377 e. The number of ether oxygens (including phenoxy) is 1. The van der Waals surface area contributed by atoms with Crippen molar-refractivity contribution in [3.05, 3.63) is 64.1 Å². The van der Waals surface area contributed by atoms with Crippen LogP contribution in [0, 0.1) is 0 Å². The van der Waals surface area contributed by atoms with Gasteiger partial charge in [-0.05, 0) is 36.2 Å². The van der Waals surface area contributed by atoms with Gasteiger partial charge in [0.25, 0.3) is 0 Å². The number of nitrogens with one attached hydrogen (secondary N) is 2. The molecule has 5 heteroatoms. The molecular formula is C17H19BrN2O2. The second-order valence-corrected chi connectivity index (χ2v) is 5.69. The van der Waals surface area contributed by atoms with E-state index in [1.165, 1.54) is 0 Å². The molecule has 0 atom stereocenters. The van der Waals surface area contributed by atoms with Crippen LogP contribution in [0.25, 0.3) is 0 Å². The molecule has 0 bridgehead atoms. The molecule has 2 amide bonds. The molecule has 2 aromatic rings. The number of rotatable bonds is 6. The maximum absolute atomic E-state index is 11.8. The summed E-state index contributed by atoms with van der Waals surface area (Å²) in [7, 11) is 0. The monoisotopic (exact) mass is 362 g/mol. The van der Waals surface area contributed by atoms with Gasteiger partial charge in [-0.15, -0.1) is 0 Å². The normalized spacial score (nSPS) is 10.3. The second-order valence-electron chi connectivity index (χ2n) is 4.77. The van der Waals surface area contributed by atoms with Crippen molar-refractivity contribution in [3.8, 4) is 0 Å². The van der Waals surface area contributed by atoms with E-state index in [4.69, 9.17) is 4.74 Å². The number of carbonyl (C=O) groups excluding carboxylic acids is 1. The summed E-state index contributed by atoms with van der Waals surface area (Å²) in [6, 6.07) is 15.3. The Kier molecular flexibility index (Phi) is 6.43. The Labute approximate surface area is 139 Å². The standard InChI is InChI=1S/C17H19BrN2O2/c1-2-22-12-14-8-6-13(7-9-14)11-19-17(21)20-16-5-3-4-15(18)10-16/h3-10H,2,11-12H2,1H3,(H2,19,20,21). The number of benzene rings is 2. The Morgan fingerprint density at radius 3 is 2.55 bits per heavy atom. The van der Waals surface area contributed by atoms with Crippen LogP contribution in [0.3, 0.4) is 0 Å². The van der Waals surface area contributed by atoms with E-state index in [9.17, 15) is 4.79 Å². The molecule has 0 aliphatic carbocycles. The van der Waals surface area contributed by atoms with Gasteiger partial charge < -0.3 is 15.4 Å². The van der Waals surface area contributed by atoms with Crippen LogP contribution in [-0.4, -0.2) is 12.6 Å². The molecule has 2 aromatic carbocycles. The first-order valence-electron chi connectivity index (χ1n) is 7.13.